The predicted molar refractivity (Wildman–Crippen MR) is 160 cm³/mol. The van der Waals surface area contributed by atoms with Crippen molar-refractivity contribution in [1.82, 2.24) is 0 Å². The summed E-state index contributed by atoms with van der Waals surface area (Å²) in [6.45, 7) is 4.47. The van der Waals surface area contributed by atoms with Crippen molar-refractivity contribution in [2.45, 2.75) is 58.3 Å². The molecule has 43 heavy (non-hydrogen) atoms. The molecular formula is C32H34NO9P. The van der Waals surface area contributed by atoms with Gasteiger partial charge in [-0.25, -0.2) is 0 Å². The van der Waals surface area contributed by atoms with E-state index in [1.54, 1.807) is 0 Å². The minimum Gasteiger partial charge on any atom is -0.463 e. The first-order valence-electron chi connectivity index (χ1n) is 13.7. The number of hydrogen-bond acceptors (Lipinski definition) is 10. The fourth-order valence-corrected chi connectivity index (χ4v) is 8.68. The van der Waals surface area contributed by atoms with Gasteiger partial charge in [-0.3, -0.25) is 23.9 Å². The van der Waals surface area contributed by atoms with Gasteiger partial charge in [0, 0.05) is 43.6 Å². The van der Waals surface area contributed by atoms with Gasteiger partial charge in [-0.1, -0.05) is 91.0 Å². The number of carbonyl (C=O) groups excluding carboxylic acids is 4. The standard InChI is InChI=1S/C32H34NO9P/c1-21(34)38-20-28-29(39-22(2)35)30(40-23(3)36)31(41-24(4)37)32(42-28)33-43(25-14-8-5-9-15-25,26-16-10-6-11-17-26)27-18-12-7-13-19-27/h5-19,28-32H,20H2,1-4H3/t28-,29+,30+,31-,32-/m1/s1. The number of carbonyl (C=O) groups is 4. The van der Waals surface area contributed by atoms with Crippen LogP contribution < -0.4 is 15.9 Å². The minimum absolute atomic E-state index is 0.336. The Hall–Kier alpha value is -4.27. The summed E-state index contributed by atoms with van der Waals surface area (Å²) in [5.74, 6) is -2.68. The molecule has 1 heterocycles. The molecule has 0 N–H and O–H groups in total. The average molecular weight is 608 g/mol. The summed E-state index contributed by atoms with van der Waals surface area (Å²) in [6, 6.07) is 29.1. The van der Waals surface area contributed by atoms with Gasteiger partial charge in [0.25, 0.3) is 0 Å². The second kappa shape index (κ2) is 14.3. The zero-order chi connectivity index (χ0) is 31.0. The Morgan fingerprint density at radius 3 is 1.40 bits per heavy atom. The molecule has 0 aromatic heterocycles. The molecule has 10 nitrogen and oxygen atoms in total. The predicted octanol–water partition coefficient (Wildman–Crippen LogP) is 3.25. The van der Waals surface area contributed by atoms with Gasteiger partial charge in [0.1, 0.15) is 12.7 Å². The number of ether oxygens (including phenoxy) is 5. The Morgan fingerprint density at radius 1 is 0.605 bits per heavy atom. The summed E-state index contributed by atoms with van der Waals surface area (Å²) < 4.78 is 34.0. The normalized spacial score (nSPS) is 21.6. The molecule has 4 rings (SSSR count). The van der Waals surface area contributed by atoms with Gasteiger partial charge in [0.05, 0.1) is 7.05 Å². The van der Waals surface area contributed by atoms with Gasteiger partial charge in [0.2, 0.25) is 0 Å². The second-order valence-corrected chi connectivity index (χ2v) is 12.9. The van der Waals surface area contributed by atoms with Crippen molar-refractivity contribution in [3.63, 3.8) is 0 Å². The van der Waals surface area contributed by atoms with Gasteiger partial charge in [-0.05, 0) is 0 Å². The largest absolute Gasteiger partial charge is 0.463 e. The van der Waals surface area contributed by atoms with Gasteiger partial charge < -0.3 is 23.7 Å². The van der Waals surface area contributed by atoms with Crippen LogP contribution in [0.3, 0.4) is 0 Å². The summed E-state index contributed by atoms with van der Waals surface area (Å²) in [6.07, 6.45) is -6.25. The fraction of sp³-hybridized carbons (Fsp3) is 0.312. The molecule has 226 valence electrons. The van der Waals surface area contributed by atoms with E-state index in [9.17, 15) is 19.2 Å². The topological polar surface area (TPSA) is 127 Å². The fourth-order valence-electron chi connectivity index (χ4n) is 5.05. The first-order valence-corrected chi connectivity index (χ1v) is 15.4. The third-order valence-electron chi connectivity index (χ3n) is 6.64. The van der Waals surface area contributed by atoms with E-state index in [4.69, 9.17) is 28.4 Å². The van der Waals surface area contributed by atoms with Crippen LogP contribution in [0.2, 0.25) is 0 Å². The van der Waals surface area contributed by atoms with Crippen molar-refractivity contribution in [2.24, 2.45) is 4.74 Å². The van der Waals surface area contributed by atoms with E-state index in [1.165, 1.54) is 27.7 Å². The Balaban J connectivity index is 2.04. The van der Waals surface area contributed by atoms with Gasteiger partial charge in [-0.15, -0.1) is 0 Å². The van der Waals surface area contributed by atoms with Crippen molar-refractivity contribution in [1.29, 1.82) is 0 Å². The van der Waals surface area contributed by atoms with Gasteiger partial charge in [-0.2, -0.15) is 0 Å². The molecule has 0 saturated carbocycles. The number of rotatable bonds is 9. The Kier molecular flexibility index (Phi) is 10.5. The highest BCUT2D eigenvalue weighted by molar-refractivity contribution is 7.87. The molecule has 0 radical (unpaired) electrons. The first kappa shape index (κ1) is 31.7. The maximum Gasteiger partial charge on any atom is 0.303 e. The Labute approximate surface area is 250 Å². The van der Waals surface area contributed by atoms with Crippen LogP contribution in [0.15, 0.2) is 95.7 Å². The van der Waals surface area contributed by atoms with Crippen molar-refractivity contribution in [2.75, 3.05) is 6.61 Å². The summed E-state index contributed by atoms with van der Waals surface area (Å²) in [4.78, 5) is 48.8. The zero-order valence-corrected chi connectivity index (χ0v) is 25.2. The van der Waals surface area contributed by atoms with Crippen LogP contribution in [0, 0.1) is 0 Å². The quantitative estimate of drug-likeness (QED) is 0.205. The number of benzene rings is 3. The highest BCUT2D eigenvalue weighted by Crippen LogP contribution is 2.48. The molecule has 0 amide bonds. The van der Waals surface area contributed by atoms with Crippen LogP contribution in [0.4, 0.5) is 0 Å². The zero-order valence-electron chi connectivity index (χ0n) is 24.3. The van der Waals surface area contributed by atoms with Crippen molar-refractivity contribution in [3.8, 4) is 0 Å². The van der Waals surface area contributed by atoms with Crippen molar-refractivity contribution < 1.29 is 42.9 Å². The summed E-state index contributed by atoms with van der Waals surface area (Å²) >= 11 is 0. The maximum atomic E-state index is 12.5. The van der Waals surface area contributed by atoms with E-state index in [0.717, 1.165) is 15.9 Å². The Morgan fingerprint density at radius 2 is 1.00 bits per heavy atom. The maximum absolute atomic E-state index is 12.5. The third-order valence-corrected chi connectivity index (χ3v) is 10.4. The van der Waals surface area contributed by atoms with Crippen molar-refractivity contribution >= 4 is 46.8 Å². The molecule has 1 fully saturated rings. The molecular weight excluding hydrogens is 573 g/mol. The van der Waals surface area contributed by atoms with Crippen LogP contribution in [-0.4, -0.2) is 61.1 Å². The smallest absolute Gasteiger partial charge is 0.303 e. The van der Waals surface area contributed by atoms with E-state index in [-0.39, 0.29) is 6.61 Å². The lowest BCUT2D eigenvalue weighted by Gasteiger charge is -2.44. The summed E-state index contributed by atoms with van der Waals surface area (Å²) in [7, 11) is -2.92. The van der Waals surface area contributed by atoms with Crippen LogP contribution in [0.5, 0.6) is 0 Å². The minimum atomic E-state index is -2.92. The molecule has 11 heteroatoms. The van der Waals surface area contributed by atoms with Crippen LogP contribution in [0.1, 0.15) is 27.7 Å². The van der Waals surface area contributed by atoms with Gasteiger partial charge >= 0.3 is 23.9 Å². The molecule has 0 spiro atoms. The highest BCUT2D eigenvalue weighted by Gasteiger charge is 2.53. The molecule has 3 aromatic carbocycles. The molecule has 5 atom stereocenters. The van der Waals surface area contributed by atoms with E-state index >= 15 is 0 Å². The lowest BCUT2D eigenvalue weighted by Crippen LogP contribution is -2.62. The molecule has 1 aliphatic heterocycles. The summed E-state index contributed by atoms with van der Waals surface area (Å²) in [5, 5.41) is 2.67. The van der Waals surface area contributed by atoms with Crippen LogP contribution in [0.25, 0.3) is 0 Å². The summed E-state index contributed by atoms with van der Waals surface area (Å²) in [5.41, 5.74) is 0. The number of esters is 4. The molecule has 0 unspecified atom stereocenters. The molecule has 1 aliphatic rings. The Bertz CT molecular complexity index is 1380. The number of hydrogen-bond donors (Lipinski definition) is 0. The molecule has 0 bridgehead atoms. The van der Waals surface area contributed by atoms with Crippen LogP contribution >= 0.6 is 7.05 Å². The number of nitrogens with zero attached hydrogens (tertiary/aromatic N) is 1. The monoisotopic (exact) mass is 607 g/mol. The van der Waals surface area contributed by atoms with E-state index in [0.29, 0.717) is 0 Å². The highest BCUT2D eigenvalue weighted by atomic mass is 31.2. The molecule has 1 saturated heterocycles. The first-order chi connectivity index (χ1) is 20.6. The van der Waals surface area contributed by atoms with E-state index in [2.05, 4.69) is 0 Å². The third kappa shape index (κ3) is 7.58. The molecule has 0 aliphatic carbocycles. The molecule has 3 aromatic rings. The van der Waals surface area contributed by atoms with E-state index < -0.39 is 61.6 Å². The second-order valence-electron chi connectivity index (χ2n) is 9.85. The lowest BCUT2D eigenvalue weighted by atomic mass is 9.97. The lowest BCUT2D eigenvalue weighted by molar-refractivity contribution is -0.250. The van der Waals surface area contributed by atoms with E-state index in [1.807, 2.05) is 91.0 Å². The average Bonchev–Trinajstić information content (AvgIpc) is 2.98. The van der Waals surface area contributed by atoms with Crippen LogP contribution in [-0.2, 0) is 42.9 Å². The van der Waals surface area contributed by atoms with Crippen molar-refractivity contribution in [3.05, 3.63) is 91.0 Å². The SMILES string of the molecule is CC(=O)OC[C@H]1O[C@@H](N=P(c2ccccc2)(c2ccccc2)c2ccccc2)[C@H](OC(C)=O)[C@@H](OC(C)=O)[C@H]1OC(C)=O. The van der Waals surface area contributed by atoms with Gasteiger partial charge in [0.15, 0.2) is 24.5 Å².